The number of nitrogens with zero attached hydrogens (tertiary/aromatic N) is 1. The highest BCUT2D eigenvalue weighted by atomic mass is 16.3. The minimum atomic E-state index is -0.542. The summed E-state index contributed by atoms with van der Waals surface area (Å²) >= 11 is 0. The number of rotatable bonds is 7. The van der Waals surface area contributed by atoms with E-state index < -0.39 is 6.10 Å². The fourth-order valence-electron chi connectivity index (χ4n) is 2.38. The van der Waals surface area contributed by atoms with Crippen LogP contribution in [0.4, 0.5) is 0 Å². The summed E-state index contributed by atoms with van der Waals surface area (Å²) in [5.41, 5.74) is 1.04. The largest absolute Gasteiger partial charge is 0.444 e. The number of aliphatic hydroxyl groups excluding tert-OH is 1. The quantitative estimate of drug-likeness (QED) is 0.824. The van der Waals surface area contributed by atoms with Crippen molar-refractivity contribution in [3.05, 3.63) is 42.3 Å². The second-order valence-electron chi connectivity index (χ2n) is 5.26. The number of benzene rings is 1. The molecule has 1 atom stereocenters. The summed E-state index contributed by atoms with van der Waals surface area (Å²) in [6, 6.07) is 9.39. The molecule has 2 aromatic rings. The normalized spacial score (nSPS) is 12.4. The molecule has 1 unspecified atom stereocenters. The van der Waals surface area contributed by atoms with Gasteiger partial charge in [-0.05, 0) is 18.1 Å². The summed E-state index contributed by atoms with van der Waals surface area (Å²) in [5, 5.41) is 12.7. The van der Waals surface area contributed by atoms with E-state index in [1.165, 1.54) is 6.26 Å². The molecule has 5 nitrogen and oxygen atoms in total. The molecule has 0 radical (unpaired) electrons. The van der Waals surface area contributed by atoms with Crippen LogP contribution in [0.25, 0.3) is 11.5 Å². The zero-order valence-corrected chi connectivity index (χ0v) is 13.0. The minimum Gasteiger partial charge on any atom is -0.444 e. The van der Waals surface area contributed by atoms with Gasteiger partial charge in [0.25, 0.3) is 5.91 Å². The van der Waals surface area contributed by atoms with Gasteiger partial charge in [-0.15, -0.1) is 0 Å². The van der Waals surface area contributed by atoms with Crippen molar-refractivity contribution in [3.63, 3.8) is 0 Å². The van der Waals surface area contributed by atoms with E-state index in [9.17, 15) is 9.90 Å². The Hall–Kier alpha value is -2.14. The van der Waals surface area contributed by atoms with Crippen molar-refractivity contribution in [1.82, 2.24) is 10.3 Å². The Morgan fingerprint density at radius 3 is 2.59 bits per heavy atom. The molecular formula is C17H22N2O3. The van der Waals surface area contributed by atoms with Crippen molar-refractivity contribution >= 4 is 5.91 Å². The summed E-state index contributed by atoms with van der Waals surface area (Å²) in [5.74, 6) is 0.264. The summed E-state index contributed by atoms with van der Waals surface area (Å²) in [6.07, 6.45) is 2.56. The number of oxazole rings is 1. The van der Waals surface area contributed by atoms with Crippen LogP contribution in [0, 0.1) is 5.92 Å². The second kappa shape index (κ2) is 7.75. The van der Waals surface area contributed by atoms with Crippen LogP contribution >= 0.6 is 0 Å². The van der Waals surface area contributed by atoms with Gasteiger partial charge in [0.2, 0.25) is 5.89 Å². The summed E-state index contributed by atoms with van der Waals surface area (Å²) in [4.78, 5) is 16.2. The molecule has 0 bridgehead atoms. The SMILES string of the molecule is CCC(CC)C(O)CNC(=O)c1coc(-c2ccccc2)n1. The van der Waals surface area contributed by atoms with Crippen LogP contribution in [0.2, 0.25) is 0 Å². The number of aromatic nitrogens is 1. The molecule has 0 saturated carbocycles. The lowest BCUT2D eigenvalue weighted by Gasteiger charge is -2.19. The first-order valence-electron chi connectivity index (χ1n) is 7.62. The van der Waals surface area contributed by atoms with Crippen LogP contribution in [-0.4, -0.2) is 28.6 Å². The molecule has 1 aromatic carbocycles. The standard InChI is InChI=1S/C17H22N2O3/c1-3-12(4-2)15(20)10-18-16(21)14-11-22-17(19-14)13-8-6-5-7-9-13/h5-9,11-12,15,20H,3-4,10H2,1-2H3,(H,18,21). The maximum Gasteiger partial charge on any atom is 0.273 e. The first-order valence-corrected chi connectivity index (χ1v) is 7.62. The van der Waals surface area contributed by atoms with Crippen molar-refractivity contribution in [2.45, 2.75) is 32.8 Å². The number of amides is 1. The van der Waals surface area contributed by atoms with Gasteiger partial charge >= 0.3 is 0 Å². The molecule has 5 heteroatoms. The van der Waals surface area contributed by atoms with Gasteiger partial charge in [0.1, 0.15) is 6.26 Å². The van der Waals surface area contributed by atoms with E-state index in [4.69, 9.17) is 4.42 Å². The Labute approximate surface area is 130 Å². The van der Waals surface area contributed by atoms with Gasteiger partial charge in [-0.2, -0.15) is 0 Å². The highest BCUT2D eigenvalue weighted by Crippen LogP contribution is 2.18. The van der Waals surface area contributed by atoms with Crippen molar-refractivity contribution in [3.8, 4) is 11.5 Å². The molecule has 0 aliphatic carbocycles. The monoisotopic (exact) mass is 302 g/mol. The number of hydrogen-bond acceptors (Lipinski definition) is 4. The van der Waals surface area contributed by atoms with Gasteiger partial charge in [0.05, 0.1) is 6.10 Å². The molecule has 0 aliphatic rings. The van der Waals surface area contributed by atoms with E-state index in [2.05, 4.69) is 10.3 Å². The third-order valence-corrected chi connectivity index (χ3v) is 3.82. The van der Waals surface area contributed by atoms with Gasteiger partial charge < -0.3 is 14.8 Å². The molecule has 0 spiro atoms. The maximum absolute atomic E-state index is 12.0. The lowest BCUT2D eigenvalue weighted by Crippen LogP contribution is -2.36. The molecule has 2 N–H and O–H groups in total. The summed E-state index contributed by atoms with van der Waals surface area (Å²) in [6.45, 7) is 4.28. The molecule has 0 aliphatic heterocycles. The average Bonchev–Trinajstić information content (AvgIpc) is 3.04. The first kappa shape index (κ1) is 16.2. The van der Waals surface area contributed by atoms with E-state index in [0.717, 1.165) is 18.4 Å². The van der Waals surface area contributed by atoms with E-state index >= 15 is 0 Å². The maximum atomic E-state index is 12.0. The van der Waals surface area contributed by atoms with E-state index in [-0.39, 0.29) is 24.1 Å². The molecule has 0 fully saturated rings. The topological polar surface area (TPSA) is 75.4 Å². The Morgan fingerprint density at radius 2 is 1.95 bits per heavy atom. The first-order chi connectivity index (χ1) is 10.7. The number of carbonyl (C=O) groups is 1. The third kappa shape index (κ3) is 3.95. The minimum absolute atomic E-state index is 0.192. The van der Waals surface area contributed by atoms with Crippen LogP contribution in [0.3, 0.4) is 0 Å². The Kier molecular flexibility index (Phi) is 5.72. The second-order valence-corrected chi connectivity index (χ2v) is 5.26. The van der Waals surface area contributed by atoms with Crippen LogP contribution in [0.1, 0.15) is 37.2 Å². The van der Waals surface area contributed by atoms with Gasteiger partial charge in [0.15, 0.2) is 5.69 Å². The molecule has 1 amide bonds. The van der Waals surface area contributed by atoms with Gasteiger partial charge in [-0.1, -0.05) is 44.9 Å². The molecule has 0 saturated heterocycles. The number of hydrogen-bond donors (Lipinski definition) is 2. The van der Waals surface area contributed by atoms with Gasteiger partial charge in [-0.25, -0.2) is 4.98 Å². The summed E-state index contributed by atoms with van der Waals surface area (Å²) in [7, 11) is 0. The van der Waals surface area contributed by atoms with Crippen LogP contribution in [0.5, 0.6) is 0 Å². The average molecular weight is 302 g/mol. The number of carbonyl (C=O) groups excluding carboxylic acids is 1. The summed E-state index contributed by atoms with van der Waals surface area (Å²) < 4.78 is 5.33. The zero-order valence-electron chi connectivity index (χ0n) is 13.0. The molecule has 118 valence electrons. The smallest absolute Gasteiger partial charge is 0.273 e. The van der Waals surface area contributed by atoms with Crippen LogP contribution in [-0.2, 0) is 0 Å². The van der Waals surface area contributed by atoms with Gasteiger partial charge in [-0.3, -0.25) is 4.79 Å². The van der Waals surface area contributed by atoms with Crippen LogP contribution in [0.15, 0.2) is 41.0 Å². The van der Waals surface area contributed by atoms with E-state index in [1.54, 1.807) is 0 Å². The Morgan fingerprint density at radius 1 is 1.27 bits per heavy atom. The highest BCUT2D eigenvalue weighted by molar-refractivity contribution is 5.92. The predicted octanol–water partition coefficient (Wildman–Crippen LogP) is 2.87. The third-order valence-electron chi connectivity index (χ3n) is 3.82. The van der Waals surface area contributed by atoms with Crippen LogP contribution < -0.4 is 5.32 Å². The van der Waals surface area contributed by atoms with Crippen molar-refractivity contribution in [1.29, 1.82) is 0 Å². The predicted molar refractivity (Wildman–Crippen MR) is 84.4 cm³/mol. The fourth-order valence-corrected chi connectivity index (χ4v) is 2.38. The molecular weight excluding hydrogens is 280 g/mol. The molecule has 22 heavy (non-hydrogen) atoms. The fraction of sp³-hybridized carbons (Fsp3) is 0.412. The highest BCUT2D eigenvalue weighted by Gasteiger charge is 2.18. The zero-order chi connectivity index (χ0) is 15.9. The lowest BCUT2D eigenvalue weighted by atomic mass is 9.96. The number of nitrogens with one attached hydrogen (secondary N) is 1. The Balaban J connectivity index is 1.95. The lowest BCUT2D eigenvalue weighted by molar-refractivity contribution is 0.0813. The van der Waals surface area contributed by atoms with Crippen molar-refractivity contribution in [2.24, 2.45) is 5.92 Å². The van der Waals surface area contributed by atoms with E-state index in [1.807, 2.05) is 44.2 Å². The molecule has 1 aromatic heterocycles. The molecule has 1 heterocycles. The van der Waals surface area contributed by atoms with Crippen molar-refractivity contribution < 1.29 is 14.3 Å². The number of aliphatic hydroxyl groups is 1. The van der Waals surface area contributed by atoms with Crippen molar-refractivity contribution in [2.75, 3.05) is 6.54 Å². The van der Waals surface area contributed by atoms with Gasteiger partial charge in [0, 0.05) is 12.1 Å². The van der Waals surface area contributed by atoms with E-state index in [0.29, 0.717) is 5.89 Å². The Bertz CT molecular complexity index is 591. The molecule has 2 rings (SSSR count).